The Morgan fingerprint density at radius 1 is 1.06 bits per heavy atom. The molecule has 2 aromatic rings. The topological polar surface area (TPSA) is 84.5 Å². The highest BCUT2D eigenvalue weighted by atomic mass is 32.2. The van der Waals surface area contributed by atoms with Crippen molar-refractivity contribution >= 4 is 39.5 Å². The van der Waals surface area contributed by atoms with Crippen LogP contribution in [0.5, 0.6) is 5.75 Å². The van der Waals surface area contributed by atoms with Gasteiger partial charge in [0.2, 0.25) is 10.0 Å². The number of rotatable bonds is 9. The number of benzene rings is 2. The summed E-state index contributed by atoms with van der Waals surface area (Å²) in [6.07, 6.45) is 1.26. The third-order valence-corrected chi connectivity index (χ3v) is 9.34. The molecule has 31 heavy (non-hydrogen) atoms. The number of carbonyl (C=O) groups excluding carboxylic acids is 1. The van der Waals surface area contributed by atoms with Gasteiger partial charge in [-0.1, -0.05) is 24.3 Å². The number of ether oxygens (including phenoxy) is 1. The second kappa shape index (κ2) is 11.3. The smallest absolute Gasteiger partial charge is 0.257 e. The van der Waals surface area contributed by atoms with E-state index in [1.54, 1.807) is 19.1 Å². The van der Waals surface area contributed by atoms with Crippen LogP contribution in [0, 0.1) is 13.8 Å². The van der Waals surface area contributed by atoms with Crippen LogP contribution < -0.4 is 14.8 Å². The minimum Gasteiger partial charge on any atom is -0.484 e. The van der Waals surface area contributed by atoms with Gasteiger partial charge in [0.15, 0.2) is 6.61 Å². The van der Waals surface area contributed by atoms with Gasteiger partial charge in [0, 0.05) is 13.1 Å². The maximum absolute atomic E-state index is 12.5. The van der Waals surface area contributed by atoms with Crippen molar-refractivity contribution in [1.82, 2.24) is 10.0 Å². The Morgan fingerprint density at radius 3 is 2.48 bits per heavy atom. The number of hydrogen-bond donors (Lipinski definition) is 2. The van der Waals surface area contributed by atoms with Crippen molar-refractivity contribution in [3.05, 3.63) is 59.2 Å². The maximum atomic E-state index is 12.5. The average molecular weight is 481 g/mol. The summed E-state index contributed by atoms with van der Waals surface area (Å²) < 4.78 is 33.4. The Morgan fingerprint density at radius 2 is 1.77 bits per heavy atom. The lowest BCUT2D eigenvalue weighted by molar-refractivity contribution is -0.123. The lowest BCUT2D eigenvalue weighted by Crippen LogP contribution is -2.37. The zero-order valence-corrected chi connectivity index (χ0v) is 20.2. The molecule has 0 bridgehead atoms. The van der Waals surface area contributed by atoms with Gasteiger partial charge in [-0.3, -0.25) is 4.79 Å². The molecule has 6 nitrogen and oxygen atoms in total. The summed E-state index contributed by atoms with van der Waals surface area (Å²) in [7, 11) is -3.62. The molecule has 1 saturated heterocycles. The molecule has 1 aliphatic rings. The van der Waals surface area contributed by atoms with Gasteiger partial charge in [0.05, 0.1) is 9.48 Å². The number of aryl methyl sites for hydroxylation is 2. The number of amides is 1. The Labute approximate surface area is 193 Å². The lowest BCUT2D eigenvalue weighted by Gasteiger charge is -2.21. The summed E-state index contributed by atoms with van der Waals surface area (Å²) in [6, 6.07) is 13.2. The molecule has 0 atom stereocenters. The summed E-state index contributed by atoms with van der Waals surface area (Å²) in [4.78, 5) is 12.3. The van der Waals surface area contributed by atoms with Gasteiger partial charge in [-0.25, -0.2) is 13.1 Å². The molecule has 0 radical (unpaired) electrons. The molecule has 0 aromatic heterocycles. The highest BCUT2D eigenvalue weighted by Gasteiger charge is 2.17. The average Bonchev–Trinajstić information content (AvgIpc) is 2.78. The third-order valence-electron chi connectivity index (χ3n) is 4.72. The van der Waals surface area contributed by atoms with Crippen LogP contribution in [0.15, 0.2) is 47.4 Å². The lowest BCUT2D eigenvalue weighted by atomic mass is 10.2. The first-order valence-corrected chi connectivity index (χ1v) is 13.7. The minimum absolute atomic E-state index is 0.104. The summed E-state index contributed by atoms with van der Waals surface area (Å²) >= 11 is 3.92. The van der Waals surface area contributed by atoms with Gasteiger partial charge in [-0.05, 0) is 66.7 Å². The van der Waals surface area contributed by atoms with E-state index in [2.05, 4.69) is 10.0 Å². The quantitative estimate of drug-likeness (QED) is 0.533. The molecule has 1 aliphatic heterocycles. The van der Waals surface area contributed by atoms with Crippen molar-refractivity contribution < 1.29 is 17.9 Å². The Balaban J connectivity index is 1.39. The van der Waals surface area contributed by atoms with Crippen LogP contribution in [0.1, 0.15) is 27.7 Å². The molecule has 1 fully saturated rings. The molecule has 1 amide bonds. The van der Waals surface area contributed by atoms with E-state index in [-0.39, 0.29) is 30.5 Å². The van der Waals surface area contributed by atoms with Crippen LogP contribution in [-0.2, 0) is 14.8 Å². The van der Waals surface area contributed by atoms with Crippen molar-refractivity contribution in [3.63, 3.8) is 0 Å². The first kappa shape index (κ1) is 24.0. The molecular weight excluding hydrogens is 452 g/mol. The number of thioether (sulfide) groups is 2. The second-order valence-corrected chi connectivity index (χ2v) is 11.8. The minimum atomic E-state index is -3.62. The number of carbonyl (C=O) groups is 1. The van der Waals surface area contributed by atoms with Gasteiger partial charge in [-0.15, -0.1) is 23.5 Å². The summed E-state index contributed by atoms with van der Waals surface area (Å²) in [5.74, 6) is 2.72. The number of sulfonamides is 1. The fourth-order valence-electron chi connectivity index (χ4n) is 3.06. The molecule has 0 saturated carbocycles. The molecule has 0 unspecified atom stereocenters. The van der Waals surface area contributed by atoms with E-state index >= 15 is 0 Å². The molecule has 0 spiro atoms. The largest absolute Gasteiger partial charge is 0.484 e. The predicted molar refractivity (Wildman–Crippen MR) is 128 cm³/mol. The van der Waals surface area contributed by atoms with Gasteiger partial charge < -0.3 is 10.1 Å². The van der Waals surface area contributed by atoms with Crippen molar-refractivity contribution in [2.24, 2.45) is 0 Å². The first-order chi connectivity index (χ1) is 14.8. The van der Waals surface area contributed by atoms with Crippen molar-refractivity contribution in [2.75, 3.05) is 31.2 Å². The van der Waals surface area contributed by atoms with Crippen LogP contribution >= 0.6 is 23.5 Å². The van der Waals surface area contributed by atoms with E-state index < -0.39 is 10.0 Å². The van der Waals surface area contributed by atoms with Gasteiger partial charge in [0.1, 0.15) is 5.75 Å². The van der Waals surface area contributed by atoms with E-state index in [0.717, 1.165) is 5.56 Å². The predicted octanol–water partition coefficient (Wildman–Crippen LogP) is 3.65. The third kappa shape index (κ3) is 7.17. The van der Waals surface area contributed by atoms with E-state index in [9.17, 15) is 13.2 Å². The fourth-order valence-corrected chi connectivity index (χ4v) is 7.32. The molecule has 2 N–H and O–H groups in total. The fraction of sp³-hybridized carbons (Fsp3) is 0.409. The molecule has 3 rings (SSSR count). The van der Waals surface area contributed by atoms with Crippen LogP contribution in [0.4, 0.5) is 0 Å². The number of nitrogens with one attached hydrogen (secondary N) is 2. The Kier molecular flexibility index (Phi) is 8.71. The molecule has 2 aromatic carbocycles. The zero-order valence-electron chi connectivity index (χ0n) is 17.7. The van der Waals surface area contributed by atoms with Crippen molar-refractivity contribution in [1.29, 1.82) is 0 Å². The van der Waals surface area contributed by atoms with Crippen LogP contribution in [0.3, 0.4) is 0 Å². The van der Waals surface area contributed by atoms with E-state index in [1.165, 1.54) is 23.5 Å². The molecule has 1 heterocycles. The van der Waals surface area contributed by atoms with E-state index in [0.29, 0.717) is 15.9 Å². The van der Waals surface area contributed by atoms with Gasteiger partial charge >= 0.3 is 0 Å². The highest BCUT2D eigenvalue weighted by Crippen LogP contribution is 2.43. The molecular formula is C22H28N2O4S3. The normalized spacial score (nSPS) is 14.9. The zero-order chi connectivity index (χ0) is 22.3. The van der Waals surface area contributed by atoms with Crippen molar-refractivity contribution in [2.45, 2.75) is 29.7 Å². The molecule has 168 valence electrons. The SMILES string of the molecule is Cc1ccc(C)c(S(=O)(=O)NCCNC(=O)COc2ccc(C3SCCCS3)cc2)c1. The summed E-state index contributed by atoms with van der Waals surface area (Å²) in [5, 5.41) is 2.67. The number of hydrogen-bond acceptors (Lipinski definition) is 6. The Bertz CT molecular complexity index is 988. The van der Waals surface area contributed by atoms with Crippen LogP contribution in [0.2, 0.25) is 0 Å². The van der Waals surface area contributed by atoms with Crippen molar-refractivity contribution in [3.8, 4) is 5.75 Å². The molecule has 9 heteroatoms. The second-order valence-electron chi connectivity index (χ2n) is 7.30. The molecule has 0 aliphatic carbocycles. The van der Waals surface area contributed by atoms with Crippen LogP contribution in [0.25, 0.3) is 0 Å². The van der Waals surface area contributed by atoms with Crippen LogP contribution in [-0.4, -0.2) is 45.5 Å². The first-order valence-electron chi connectivity index (χ1n) is 10.1. The monoisotopic (exact) mass is 480 g/mol. The standard InChI is InChI=1S/C22H28N2O4S3/c1-16-4-5-17(2)20(14-16)31(26,27)24-11-10-23-21(25)15-28-19-8-6-18(7-9-19)22-29-12-3-13-30-22/h4-9,14,22,24H,3,10-13,15H2,1-2H3,(H,23,25). The Hall–Kier alpha value is -1.68. The van der Waals surface area contributed by atoms with Gasteiger partial charge in [-0.2, -0.15) is 0 Å². The maximum Gasteiger partial charge on any atom is 0.257 e. The summed E-state index contributed by atoms with van der Waals surface area (Å²) in [6.45, 7) is 3.77. The van der Waals surface area contributed by atoms with E-state index in [4.69, 9.17) is 4.74 Å². The van der Waals surface area contributed by atoms with E-state index in [1.807, 2.05) is 60.8 Å². The van der Waals surface area contributed by atoms with Gasteiger partial charge in [0.25, 0.3) is 5.91 Å². The highest BCUT2D eigenvalue weighted by molar-refractivity contribution is 8.16. The summed E-state index contributed by atoms with van der Waals surface area (Å²) in [5.41, 5.74) is 2.82.